The van der Waals surface area contributed by atoms with Gasteiger partial charge in [0.15, 0.2) is 0 Å². The summed E-state index contributed by atoms with van der Waals surface area (Å²) in [6.07, 6.45) is -4.19. The molecule has 0 radical (unpaired) electrons. The topological polar surface area (TPSA) is 67.4 Å². The van der Waals surface area contributed by atoms with Crippen LogP contribution >= 0.6 is 0 Å². The first kappa shape index (κ1) is 23.8. The number of hydrogen-bond acceptors (Lipinski definition) is 3. The second-order valence-electron chi connectivity index (χ2n) is 7.43. The van der Waals surface area contributed by atoms with Crippen molar-refractivity contribution in [2.45, 2.75) is 32.2 Å². The molecule has 3 aromatic rings. The van der Waals surface area contributed by atoms with E-state index < -0.39 is 6.36 Å². The number of carbonyl (C=O) groups is 2. The summed E-state index contributed by atoms with van der Waals surface area (Å²) in [7, 11) is 0. The molecule has 3 aromatic carbocycles. The van der Waals surface area contributed by atoms with Crippen molar-refractivity contribution < 1.29 is 27.5 Å². The molecule has 0 saturated carbocycles. The van der Waals surface area contributed by atoms with E-state index in [1.165, 1.54) is 24.3 Å². The van der Waals surface area contributed by atoms with E-state index in [-0.39, 0.29) is 30.0 Å². The van der Waals surface area contributed by atoms with Gasteiger partial charge in [-0.2, -0.15) is 0 Å². The van der Waals surface area contributed by atoms with E-state index in [9.17, 15) is 22.8 Å². The van der Waals surface area contributed by atoms with Crippen LogP contribution in [0.5, 0.6) is 5.75 Å². The van der Waals surface area contributed by atoms with Gasteiger partial charge >= 0.3 is 6.36 Å². The van der Waals surface area contributed by atoms with Crippen molar-refractivity contribution in [1.82, 2.24) is 5.32 Å². The number of aryl methyl sites for hydroxylation is 1. The largest absolute Gasteiger partial charge is 0.573 e. The zero-order valence-electron chi connectivity index (χ0n) is 17.9. The summed E-state index contributed by atoms with van der Waals surface area (Å²) in [5.74, 6) is -0.725. The van der Waals surface area contributed by atoms with Crippen molar-refractivity contribution in [3.05, 3.63) is 95.6 Å². The fourth-order valence-corrected chi connectivity index (χ4v) is 3.19. The summed E-state index contributed by atoms with van der Waals surface area (Å²) in [6, 6.07) is 21.2. The molecule has 0 aliphatic heterocycles. The summed E-state index contributed by atoms with van der Waals surface area (Å²) < 4.78 is 40.5. The number of benzene rings is 3. The minimum atomic E-state index is -4.74. The number of amides is 2. The molecule has 2 N–H and O–H groups in total. The van der Waals surface area contributed by atoms with Crippen LogP contribution in [-0.4, -0.2) is 18.2 Å². The Balaban J connectivity index is 1.51. The molecule has 0 spiro atoms. The van der Waals surface area contributed by atoms with Gasteiger partial charge in [0.2, 0.25) is 5.91 Å². The van der Waals surface area contributed by atoms with E-state index in [1.54, 1.807) is 42.5 Å². The highest BCUT2D eigenvalue weighted by Gasteiger charge is 2.30. The predicted molar refractivity (Wildman–Crippen MR) is 119 cm³/mol. The van der Waals surface area contributed by atoms with Crippen LogP contribution in [0.3, 0.4) is 0 Å². The highest BCUT2D eigenvalue weighted by molar-refractivity contribution is 6.04. The Bertz CT molecular complexity index is 1080. The lowest BCUT2D eigenvalue weighted by Gasteiger charge is -2.16. The van der Waals surface area contributed by atoms with Gasteiger partial charge in [-0.05, 0) is 60.9 Å². The monoisotopic (exact) mass is 456 g/mol. The fraction of sp³-hybridized carbons (Fsp3) is 0.200. The molecule has 1 unspecified atom stereocenters. The molecular formula is C25H23F3N2O3. The summed E-state index contributed by atoms with van der Waals surface area (Å²) >= 11 is 0. The van der Waals surface area contributed by atoms with Gasteiger partial charge < -0.3 is 15.4 Å². The summed E-state index contributed by atoms with van der Waals surface area (Å²) in [6.45, 7) is 1.83. The van der Waals surface area contributed by atoms with Crippen molar-refractivity contribution in [3.63, 3.8) is 0 Å². The number of carbonyl (C=O) groups excluding carboxylic acids is 2. The Morgan fingerprint density at radius 1 is 0.939 bits per heavy atom. The minimum absolute atomic E-state index is 0.175. The van der Waals surface area contributed by atoms with Crippen molar-refractivity contribution in [2.24, 2.45) is 0 Å². The number of rotatable bonds is 8. The average molecular weight is 456 g/mol. The molecule has 5 nitrogen and oxygen atoms in total. The molecule has 0 aliphatic rings. The van der Waals surface area contributed by atoms with E-state index in [0.29, 0.717) is 17.7 Å². The number of halogens is 3. The van der Waals surface area contributed by atoms with Crippen LogP contribution in [-0.2, 0) is 11.2 Å². The number of ether oxygens (including phenoxy) is 1. The van der Waals surface area contributed by atoms with Gasteiger partial charge in [0.1, 0.15) is 5.75 Å². The molecule has 1 atom stereocenters. The van der Waals surface area contributed by atoms with Crippen molar-refractivity contribution in [2.75, 3.05) is 5.32 Å². The molecule has 8 heteroatoms. The number of anilines is 1. The van der Waals surface area contributed by atoms with Crippen molar-refractivity contribution in [1.29, 1.82) is 0 Å². The van der Waals surface area contributed by atoms with Gasteiger partial charge in [-0.1, -0.05) is 42.5 Å². The van der Waals surface area contributed by atoms with E-state index in [1.807, 2.05) is 19.1 Å². The lowest BCUT2D eigenvalue weighted by Crippen LogP contribution is -2.27. The summed E-state index contributed by atoms with van der Waals surface area (Å²) in [5, 5.41) is 5.74. The van der Waals surface area contributed by atoms with Gasteiger partial charge in [0.05, 0.1) is 6.04 Å². The van der Waals surface area contributed by atoms with E-state index in [0.717, 1.165) is 11.1 Å². The molecule has 0 bridgehead atoms. The molecule has 0 saturated heterocycles. The minimum Gasteiger partial charge on any atom is -0.406 e. The highest BCUT2D eigenvalue weighted by Crippen LogP contribution is 2.23. The lowest BCUT2D eigenvalue weighted by atomic mass is 10.1. The maximum atomic E-state index is 12.3. The Morgan fingerprint density at radius 2 is 1.64 bits per heavy atom. The lowest BCUT2D eigenvalue weighted by molar-refractivity contribution is -0.274. The molecule has 0 heterocycles. The van der Waals surface area contributed by atoms with Crippen LogP contribution in [0.25, 0.3) is 0 Å². The van der Waals surface area contributed by atoms with Gasteiger partial charge in [-0.25, -0.2) is 0 Å². The molecule has 172 valence electrons. The fourth-order valence-electron chi connectivity index (χ4n) is 3.19. The Kier molecular flexibility index (Phi) is 7.71. The van der Waals surface area contributed by atoms with Gasteiger partial charge in [0, 0.05) is 17.7 Å². The van der Waals surface area contributed by atoms with Crippen LogP contribution in [0.15, 0.2) is 78.9 Å². The number of alkyl halides is 3. The van der Waals surface area contributed by atoms with Crippen LogP contribution in [0.4, 0.5) is 18.9 Å². The van der Waals surface area contributed by atoms with Crippen LogP contribution in [0, 0.1) is 0 Å². The second-order valence-corrected chi connectivity index (χ2v) is 7.43. The Morgan fingerprint density at radius 3 is 2.30 bits per heavy atom. The number of nitrogens with one attached hydrogen (secondary N) is 2. The van der Waals surface area contributed by atoms with Crippen LogP contribution in [0.2, 0.25) is 0 Å². The highest BCUT2D eigenvalue weighted by atomic mass is 19.4. The smallest absolute Gasteiger partial charge is 0.406 e. The van der Waals surface area contributed by atoms with E-state index >= 15 is 0 Å². The molecule has 2 amide bonds. The van der Waals surface area contributed by atoms with E-state index in [2.05, 4.69) is 15.4 Å². The van der Waals surface area contributed by atoms with Crippen LogP contribution in [0.1, 0.15) is 40.9 Å². The third-order valence-corrected chi connectivity index (χ3v) is 4.86. The first-order valence-corrected chi connectivity index (χ1v) is 10.3. The SMILES string of the molecule is CC(NC(=O)CCc1ccc(OC(F)(F)F)cc1)c1cccc(NC(=O)c2ccccc2)c1. The van der Waals surface area contributed by atoms with E-state index in [4.69, 9.17) is 0 Å². The Labute approximate surface area is 189 Å². The Hall–Kier alpha value is -3.81. The molecular weight excluding hydrogens is 433 g/mol. The summed E-state index contributed by atoms with van der Waals surface area (Å²) in [5.41, 5.74) is 2.70. The molecule has 3 rings (SSSR count). The number of hydrogen-bond donors (Lipinski definition) is 2. The van der Waals surface area contributed by atoms with Crippen LogP contribution < -0.4 is 15.4 Å². The molecule has 33 heavy (non-hydrogen) atoms. The first-order valence-electron chi connectivity index (χ1n) is 10.3. The standard InChI is InChI=1S/C25H23F3N2O3/c1-17(20-8-5-9-21(16-20)30-24(32)19-6-3-2-4-7-19)29-23(31)15-12-18-10-13-22(14-11-18)33-25(26,27)28/h2-11,13-14,16-17H,12,15H2,1H3,(H,29,31)(H,30,32). The van der Waals surface area contributed by atoms with Crippen molar-refractivity contribution in [3.8, 4) is 5.75 Å². The van der Waals surface area contributed by atoms with Gasteiger partial charge in [-0.15, -0.1) is 13.2 Å². The third-order valence-electron chi connectivity index (χ3n) is 4.86. The quantitative estimate of drug-likeness (QED) is 0.461. The predicted octanol–water partition coefficient (Wildman–Crippen LogP) is 5.65. The van der Waals surface area contributed by atoms with Gasteiger partial charge in [-0.3, -0.25) is 9.59 Å². The maximum Gasteiger partial charge on any atom is 0.573 e. The maximum absolute atomic E-state index is 12.3. The molecule has 0 aliphatic carbocycles. The normalized spacial score (nSPS) is 12.0. The second kappa shape index (κ2) is 10.7. The zero-order chi connectivity index (χ0) is 23.8. The van der Waals surface area contributed by atoms with Crippen molar-refractivity contribution >= 4 is 17.5 Å². The summed E-state index contributed by atoms with van der Waals surface area (Å²) in [4.78, 5) is 24.7. The van der Waals surface area contributed by atoms with Gasteiger partial charge in [0.25, 0.3) is 5.91 Å². The first-order chi connectivity index (χ1) is 15.7. The average Bonchev–Trinajstić information content (AvgIpc) is 2.78. The molecule has 0 aromatic heterocycles. The zero-order valence-corrected chi connectivity index (χ0v) is 17.9. The third kappa shape index (κ3) is 7.68. The molecule has 0 fully saturated rings.